The molecule has 0 saturated heterocycles. The van der Waals surface area contributed by atoms with Crippen molar-refractivity contribution >= 4 is 12.1 Å². The summed E-state index contributed by atoms with van der Waals surface area (Å²) in [6, 6.07) is 0. The van der Waals surface area contributed by atoms with Crippen molar-refractivity contribution in [2.45, 2.75) is 26.4 Å². The molecule has 0 aliphatic heterocycles. The summed E-state index contributed by atoms with van der Waals surface area (Å²) in [7, 11) is 0. The predicted molar refractivity (Wildman–Crippen MR) is 53.0 cm³/mol. The molecule has 1 rings (SSSR count). The molecule has 1 heterocycles. The Morgan fingerprint density at radius 2 is 1.94 bits per heavy atom. The van der Waals surface area contributed by atoms with Crippen molar-refractivity contribution in [3.63, 3.8) is 0 Å². The van der Waals surface area contributed by atoms with Crippen molar-refractivity contribution in [3.05, 3.63) is 23.8 Å². The van der Waals surface area contributed by atoms with Gasteiger partial charge in [0.1, 0.15) is 11.2 Å². The summed E-state index contributed by atoms with van der Waals surface area (Å²) >= 11 is 0. The molecular weight excluding hydrogens is 217 g/mol. The standard InChI is InChI=1S/C10H12FNO4/c1-10(2,3)16-9(15)12-4-6(8(13)14)7(11)5-12/h4-5H,1-3H3,(H,13,14). The Balaban J connectivity index is 2.94. The normalized spacial score (nSPS) is 11.2. The lowest BCUT2D eigenvalue weighted by molar-refractivity contribution is 0.0536. The van der Waals surface area contributed by atoms with Gasteiger partial charge < -0.3 is 9.84 Å². The highest BCUT2D eigenvalue weighted by Gasteiger charge is 2.21. The lowest BCUT2D eigenvalue weighted by Gasteiger charge is -2.19. The van der Waals surface area contributed by atoms with Crippen molar-refractivity contribution < 1.29 is 23.8 Å². The van der Waals surface area contributed by atoms with E-state index in [-0.39, 0.29) is 0 Å². The number of carbonyl (C=O) groups excluding carboxylic acids is 1. The fourth-order valence-corrected chi connectivity index (χ4v) is 1.01. The van der Waals surface area contributed by atoms with E-state index in [1.165, 1.54) is 0 Å². The number of aromatic carboxylic acids is 1. The van der Waals surface area contributed by atoms with Gasteiger partial charge in [0.05, 0.1) is 6.20 Å². The van der Waals surface area contributed by atoms with E-state index in [1.807, 2.05) is 0 Å². The van der Waals surface area contributed by atoms with Crippen molar-refractivity contribution in [1.29, 1.82) is 0 Å². The molecule has 0 unspecified atom stereocenters. The molecule has 0 aliphatic carbocycles. The van der Waals surface area contributed by atoms with E-state index >= 15 is 0 Å². The molecule has 0 radical (unpaired) electrons. The maximum absolute atomic E-state index is 13.0. The largest absolute Gasteiger partial charge is 0.478 e. The third-order valence-corrected chi connectivity index (χ3v) is 1.61. The number of hydrogen-bond donors (Lipinski definition) is 1. The number of carboxylic acid groups (broad SMARTS) is 1. The molecule has 0 amide bonds. The second-order valence-electron chi connectivity index (χ2n) is 4.21. The summed E-state index contributed by atoms with van der Waals surface area (Å²) in [4.78, 5) is 22.0. The van der Waals surface area contributed by atoms with E-state index in [2.05, 4.69) is 0 Å². The zero-order valence-electron chi connectivity index (χ0n) is 9.15. The van der Waals surface area contributed by atoms with Crippen LogP contribution >= 0.6 is 0 Å². The van der Waals surface area contributed by atoms with Crippen LogP contribution < -0.4 is 0 Å². The van der Waals surface area contributed by atoms with Gasteiger partial charge in [-0.3, -0.25) is 4.57 Å². The second kappa shape index (κ2) is 3.96. The second-order valence-corrected chi connectivity index (χ2v) is 4.21. The van der Waals surface area contributed by atoms with E-state index in [1.54, 1.807) is 20.8 Å². The monoisotopic (exact) mass is 229 g/mol. The highest BCUT2D eigenvalue weighted by molar-refractivity contribution is 5.89. The quantitative estimate of drug-likeness (QED) is 0.800. The molecule has 5 nitrogen and oxygen atoms in total. The minimum Gasteiger partial charge on any atom is -0.478 e. The van der Waals surface area contributed by atoms with Gasteiger partial charge in [-0.25, -0.2) is 14.0 Å². The van der Waals surface area contributed by atoms with E-state index in [9.17, 15) is 14.0 Å². The molecule has 0 aliphatic rings. The molecule has 16 heavy (non-hydrogen) atoms. The predicted octanol–water partition coefficient (Wildman–Crippen LogP) is 2.11. The fraction of sp³-hybridized carbons (Fsp3) is 0.400. The van der Waals surface area contributed by atoms with Gasteiger partial charge in [0.15, 0.2) is 5.82 Å². The van der Waals surface area contributed by atoms with Gasteiger partial charge in [0.2, 0.25) is 0 Å². The number of nitrogens with zero attached hydrogens (tertiary/aromatic N) is 1. The van der Waals surface area contributed by atoms with E-state index < -0.39 is 29.0 Å². The number of ether oxygens (including phenoxy) is 1. The molecule has 0 aromatic carbocycles. The number of halogens is 1. The lowest BCUT2D eigenvalue weighted by atomic mass is 10.2. The number of hydrogen-bond acceptors (Lipinski definition) is 3. The summed E-state index contributed by atoms with van der Waals surface area (Å²) in [6.45, 7) is 4.97. The topological polar surface area (TPSA) is 68.5 Å². The van der Waals surface area contributed by atoms with Gasteiger partial charge in [0, 0.05) is 6.20 Å². The molecule has 0 spiro atoms. The van der Waals surface area contributed by atoms with E-state index in [4.69, 9.17) is 9.84 Å². The van der Waals surface area contributed by atoms with Crippen LogP contribution in [0.3, 0.4) is 0 Å². The lowest BCUT2D eigenvalue weighted by Crippen LogP contribution is -2.26. The molecule has 1 aromatic heterocycles. The maximum atomic E-state index is 13.0. The van der Waals surface area contributed by atoms with Crippen LogP contribution in [0.2, 0.25) is 0 Å². The summed E-state index contributed by atoms with van der Waals surface area (Å²) in [5.41, 5.74) is -1.29. The summed E-state index contributed by atoms with van der Waals surface area (Å²) in [5, 5.41) is 8.59. The first-order chi connectivity index (χ1) is 7.20. The number of aromatic nitrogens is 1. The first-order valence-corrected chi connectivity index (χ1v) is 4.55. The third kappa shape index (κ3) is 2.82. The van der Waals surface area contributed by atoms with E-state index in [0.29, 0.717) is 0 Å². The van der Waals surface area contributed by atoms with Crippen molar-refractivity contribution in [3.8, 4) is 0 Å². The Morgan fingerprint density at radius 3 is 2.31 bits per heavy atom. The number of rotatable bonds is 1. The highest BCUT2D eigenvalue weighted by Crippen LogP contribution is 2.13. The molecule has 1 N–H and O–H groups in total. The molecule has 0 saturated carbocycles. The van der Waals surface area contributed by atoms with Crippen molar-refractivity contribution in [2.75, 3.05) is 0 Å². The van der Waals surface area contributed by atoms with Gasteiger partial charge in [0.25, 0.3) is 0 Å². The van der Waals surface area contributed by atoms with Crippen molar-refractivity contribution in [2.24, 2.45) is 0 Å². The van der Waals surface area contributed by atoms with Crippen molar-refractivity contribution in [1.82, 2.24) is 4.57 Å². The Labute approximate surface area is 91.4 Å². The maximum Gasteiger partial charge on any atom is 0.418 e. The van der Waals surface area contributed by atoms with Crippen LogP contribution in [0.5, 0.6) is 0 Å². The highest BCUT2D eigenvalue weighted by atomic mass is 19.1. The number of carboxylic acids is 1. The van der Waals surface area contributed by atoms with Crippen LogP contribution in [0.4, 0.5) is 9.18 Å². The van der Waals surface area contributed by atoms with Gasteiger partial charge in [-0.1, -0.05) is 0 Å². The smallest absolute Gasteiger partial charge is 0.418 e. The summed E-state index contributed by atoms with van der Waals surface area (Å²) in [6.07, 6.45) is 0.836. The summed E-state index contributed by atoms with van der Waals surface area (Å²) in [5.74, 6) is -2.40. The van der Waals surface area contributed by atoms with Crippen LogP contribution in [0.1, 0.15) is 31.1 Å². The van der Waals surface area contributed by atoms with E-state index in [0.717, 1.165) is 17.0 Å². The SMILES string of the molecule is CC(C)(C)OC(=O)n1cc(F)c(C(=O)O)c1. The van der Waals surface area contributed by atoms with Crippen LogP contribution in [-0.2, 0) is 4.74 Å². The minimum atomic E-state index is -1.43. The molecular formula is C10H12FNO4. The van der Waals surface area contributed by atoms with Gasteiger partial charge in [-0.15, -0.1) is 0 Å². The molecule has 0 fully saturated rings. The zero-order valence-corrected chi connectivity index (χ0v) is 9.15. The Bertz CT molecular complexity index is 431. The van der Waals surface area contributed by atoms with Gasteiger partial charge in [-0.2, -0.15) is 0 Å². The van der Waals surface area contributed by atoms with Gasteiger partial charge in [-0.05, 0) is 20.8 Å². The zero-order chi connectivity index (χ0) is 12.5. The molecule has 0 atom stereocenters. The first kappa shape index (κ1) is 12.2. The Hall–Kier alpha value is -1.85. The summed E-state index contributed by atoms with van der Waals surface area (Å²) < 4.78 is 18.7. The van der Waals surface area contributed by atoms with Crippen LogP contribution in [0.15, 0.2) is 12.4 Å². The molecule has 0 bridgehead atoms. The average Bonchev–Trinajstić information content (AvgIpc) is 2.44. The number of carbonyl (C=O) groups is 2. The molecule has 88 valence electrons. The van der Waals surface area contributed by atoms with Crippen LogP contribution in [0, 0.1) is 5.82 Å². The fourth-order valence-electron chi connectivity index (χ4n) is 1.01. The molecule has 6 heteroatoms. The first-order valence-electron chi connectivity index (χ1n) is 4.55. The third-order valence-electron chi connectivity index (χ3n) is 1.61. The van der Waals surface area contributed by atoms with Crippen LogP contribution in [0.25, 0.3) is 0 Å². The van der Waals surface area contributed by atoms with Gasteiger partial charge >= 0.3 is 12.1 Å². The minimum absolute atomic E-state index is 0.564. The molecule has 1 aromatic rings. The average molecular weight is 229 g/mol. The Morgan fingerprint density at radius 1 is 1.38 bits per heavy atom. The Kier molecular flexibility index (Phi) is 3.02. The van der Waals surface area contributed by atoms with Crippen LogP contribution in [-0.4, -0.2) is 27.3 Å².